The van der Waals surface area contributed by atoms with E-state index in [9.17, 15) is 24.0 Å². The molecular weight excluding hydrogens is 550 g/mol. The zero-order valence-corrected chi connectivity index (χ0v) is 24.8. The average Bonchev–Trinajstić information content (AvgIpc) is 3.42. The Bertz CT molecular complexity index is 1360. The number of rotatable bonds is 6. The van der Waals surface area contributed by atoms with Gasteiger partial charge in [0.15, 0.2) is 0 Å². The molecule has 1 atom stereocenters. The zero-order valence-electron chi connectivity index (χ0n) is 24.8. The summed E-state index contributed by atoms with van der Waals surface area (Å²) in [7, 11) is 0. The van der Waals surface area contributed by atoms with Crippen LogP contribution in [0, 0.1) is 18.8 Å². The fourth-order valence-electron chi connectivity index (χ4n) is 5.96. The summed E-state index contributed by atoms with van der Waals surface area (Å²) >= 11 is 0. The van der Waals surface area contributed by atoms with Crippen LogP contribution in [0.5, 0.6) is 0 Å². The minimum absolute atomic E-state index is 0.0409. The van der Waals surface area contributed by atoms with Gasteiger partial charge in [-0.3, -0.25) is 19.2 Å². The lowest BCUT2D eigenvalue weighted by Gasteiger charge is -2.34. The van der Waals surface area contributed by atoms with E-state index in [1.165, 1.54) is 0 Å². The number of para-hydroxylation sites is 1. The summed E-state index contributed by atoms with van der Waals surface area (Å²) in [5.74, 6) is -1.16. The van der Waals surface area contributed by atoms with E-state index < -0.39 is 5.92 Å². The maximum Gasteiger partial charge on any atom is 0.409 e. The normalized spacial score (nSPS) is 19.4. The van der Waals surface area contributed by atoms with Crippen LogP contribution in [-0.4, -0.2) is 96.8 Å². The van der Waals surface area contributed by atoms with Crippen molar-refractivity contribution < 1.29 is 28.7 Å². The van der Waals surface area contributed by atoms with Crippen molar-refractivity contribution >= 4 is 41.1 Å². The second-order valence-corrected chi connectivity index (χ2v) is 11.4. The molecule has 43 heavy (non-hydrogen) atoms. The molecule has 0 spiro atoms. The number of piperazine rings is 1. The first-order valence-corrected chi connectivity index (χ1v) is 15.0. The van der Waals surface area contributed by atoms with E-state index in [2.05, 4.69) is 5.32 Å². The van der Waals surface area contributed by atoms with Gasteiger partial charge in [-0.1, -0.05) is 29.8 Å². The SMILES string of the molecule is CCOC(=O)N1CCN(C(=O)c2ccccc2NC(=O)C2CCN(C(=O)C3CC(=O)N(c4ccc(C)cc4)C3)CC2)CC1. The number of hydrogen-bond acceptors (Lipinski definition) is 6. The van der Waals surface area contributed by atoms with Gasteiger partial charge in [0, 0.05) is 63.8 Å². The summed E-state index contributed by atoms with van der Waals surface area (Å²) in [6, 6.07) is 14.7. The summed E-state index contributed by atoms with van der Waals surface area (Å²) in [6.45, 7) is 6.82. The second-order valence-electron chi connectivity index (χ2n) is 11.4. The molecule has 0 bridgehead atoms. The van der Waals surface area contributed by atoms with E-state index in [4.69, 9.17) is 4.74 Å². The number of likely N-dealkylation sites (tertiary alicyclic amines) is 1. The highest BCUT2D eigenvalue weighted by atomic mass is 16.6. The van der Waals surface area contributed by atoms with Crippen LogP contribution < -0.4 is 10.2 Å². The van der Waals surface area contributed by atoms with Crippen LogP contribution in [0.2, 0.25) is 0 Å². The van der Waals surface area contributed by atoms with Gasteiger partial charge in [-0.05, 0) is 51.0 Å². The van der Waals surface area contributed by atoms with E-state index in [1.807, 2.05) is 31.2 Å². The van der Waals surface area contributed by atoms with Crippen molar-refractivity contribution in [1.82, 2.24) is 14.7 Å². The van der Waals surface area contributed by atoms with Crippen LogP contribution >= 0.6 is 0 Å². The van der Waals surface area contributed by atoms with E-state index in [-0.39, 0.29) is 42.1 Å². The summed E-state index contributed by atoms with van der Waals surface area (Å²) in [4.78, 5) is 71.3. The summed E-state index contributed by atoms with van der Waals surface area (Å²) in [5, 5.41) is 2.95. The van der Waals surface area contributed by atoms with Gasteiger partial charge in [0.05, 0.1) is 23.8 Å². The molecule has 5 amide bonds. The topological polar surface area (TPSA) is 120 Å². The number of ether oxygens (including phenoxy) is 1. The highest BCUT2D eigenvalue weighted by Gasteiger charge is 2.39. The first kappa shape index (κ1) is 30.1. The van der Waals surface area contributed by atoms with Crippen molar-refractivity contribution in [1.29, 1.82) is 0 Å². The standard InChI is InChI=1S/C32H39N5O6/c1-3-43-32(42)36-18-16-35(17-19-36)31(41)26-6-4-5-7-27(26)33-29(39)23-12-14-34(15-13-23)30(40)24-20-28(38)37(21-24)25-10-8-22(2)9-11-25/h4-11,23-24H,3,12-21H2,1-2H3,(H,33,39). The molecule has 3 saturated heterocycles. The molecule has 3 fully saturated rings. The molecular formula is C32H39N5O6. The van der Waals surface area contributed by atoms with Gasteiger partial charge in [-0.25, -0.2) is 4.79 Å². The van der Waals surface area contributed by atoms with Crippen LogP contribution in [-0.2, 0) is 19.1 Å². The largest absolute Gasteiger partial charge is 0.450 e. The van der Waals surface area contributed by atoms with Gasteiger partial charge in [0.2, 0.25) is 17.7 Å². The van der Waals surface area contributed by atoms with E-state index >= 15 is 0 Å². The molecule has 0 aliphatic carbocycles. The fraction of sp³-hybridized carbons (Fsp3) is 0.469. The molecule has 11 nitrogen and oxygen atoms in total. The molecule has 3 aliphatic heterocycles. The lowest BCUT2D eigenvalue weighted by molar-refractivity contribution is -0.138. The molecule has 2 aromatic carbocycles. The predicted octanol–water partition coefficient (Wildman–Crippen LogP) is 3.14. The molecule has 2 aromatic rings. The Labute approximate surface area is 251 Å². The Balaban J connectivity index is 1.13. The molecule has 0 aromatic heterocycles. The summed E-state index contributed by atoms with van der Waals surface area (Å²) < 4.78 is 5.06. The van der Waals surface area contributed by atoms with E-state index in [0.29, 0.717) is 76.5 Å². The maximum atomic E-state index is 13.3. The van der Waals surface area contributed by atoms with Crippen molar-refractivity contribution in [2.45, 2.75) is 33.1 Å². The lowest BCUT2D eigenvalue weighted by Crippen LogP contribution is -2.50. The molecule has 0 radical (unpaired) electrons. The summed E-state index contributed by atoms with van der Waals surface area (Å²) in [6.07, 6.45) is 0.823. The number of aryl methyl sites for hydroxylation is 1. The second kappa shape index (κ2) is 13.3. The van der Waals surface area contributed by atoms with E-state index in [0.717, 1.165) is 11.3 Å². The first-order valence-electron chi connectivity index (χ1n) is 15.0. The first-order chi connectivity index (χ1) is 20.7. The highest BCUT2D eigenvalue weighted by molar-refractivity contribution is 6.04. The Morgan fingerprint density at radius 1 is 0.837 bits per heavy atom. The lowest BCUT2D eigenvalue weighted by atomic mass is 9.94. The van der Waals surface area contributed by atoms with Gasteiger partial charge in [-0.15, -0.1) is 0 Å². The van der Waals surface area contributed by atoms with Crippen LogP contribution in [0.4, 0.5) is 16.2 Å². The Morgan fingerprint density at radius 2 is 1.49 bits per heavy atom. The van der Waals surface area contributed by atoms with Crippen molar-refractivity contribution in [3.8, 4) is 0 Å². The van der Waals surface area contributed by atoms with Crippen LogP contribution in [0.3, 0.4) is 0 Å². The molecule has 5 rings (SSSR count). The number of anilines is 2. The molecule has 228 valence electrons. The van der Waals surface area contributed by atoms with Gasteiger partial charge in [-0.2, -0.15) is 0 Å². The van der Waals surface area contributed by atoms with Gasteiger partial charge in [0.1, 0.15) is 0 Å². The molecule has 1 N–H and O–H groups in total. The molecule has 3 heterocycles. The van der Waals surface area contributed by atoms with Crippen molar-refractivity contribution in [2.75, 3.05) is 62.6 Å². The van der Waals surface area contributed by atoms with Crippen molar-refractivity contribution in [2.24, 2.45) is 11.8 Å². The number of hydrogen-bond donors (Lipinski definition) is 1. The molecule has 1 unspecified atom stereocenters. The van der Waals surface area contributed by atoms with Crippen LogP contribution in [0.15, 0.2) is 48.5 Å². The minimum Gasteiger partial charge on any atom is -0.450 e. The quantitative estimate of drug-likeness (QED) is 0.553. The fourth-order valence-corrected chi connectivity index (χ4v) is 5.96. The highest BCUT2D eigenvalue weighted by Crippen LogP contribution is 2.29. The Hall–Kier alpha value is -4.41. The third kappa shape index (κ3) is 6.81. The third-order valence-corrected chi connectivity index (χ3v) is 8.51. The smallest absolute Gasteiger partial charge is 0.409 e. The predicted molar refractivity (Wildman–Crippen MR) is 161 cm³/mol. The van der Waals surface area contributed by atoms with Gasteiger partial charge in [0.25, 0.3) is 5.91 Å². The van der Waals surface area contributed by atoms with Crippen LogP contribution in [0.1, 0.15) is 42.1 Å². The maximum absolute atomic E-state index is 13.3. The van der Waals surface area contributed by atoms with Crippen LogP contribution in [0.25, 0.3) is 0 Å². The number of amides is 5. The van der Waals surface area contributed by atoms with Gasteiger partial charge < -0.3 is 29.7 Å². The zero-order chi connectivity index (χ0) is 30.5. The van der Waals surface area contributed by atoms with Gasteiger partial charge >= 0.3 is 6.09 Å². The number of nitrogens with one attached hydrogen (secondary N) is 1. The third-order valence-electron chi connectivity index (χ3n) is 8.51. The number of piperidine rings is 1. The number of benzene rings is 2. The van der Waals surface area contributed by atoms with E-state index in [1.54, 1.807) is 50.8 Å². The summed E-state index contributed by atoms with van der Waals surface area (Å²) in [5.41, 5.74) is 2.76. The molecule has 3 aliphatic rings. The number of carbonyl (C=O) groups excluding carboxylic acids is 5. The van der Waals surface area contributed by atoms with Crippen molar-refractivity contribution in [3.05, 3.63) is 59.7 Å². The minimum atomic E-state index is -0.392. The van der Waals surface area contributed by atoms with Crippen molar-refractivity contribution in [3.63, 3.8) is 0 Å². The molecule has 0 saturated carbocycles. The monoisotopic (exact) mass is 589 g/mol. The Morgan fingerprint density at radius 3 is 2.16 bits per heavy atom. The molecule has 11 heteroatoms. The average molecular weight is 590 g/mol. The Kier molecular flexibility index (Phi) is 9.27. The number of nitrogens with zero attached hydrogens (tertiary/aromatic N) is 4. The number of carbonyl (C=O) groups is 5.